The highest BCUT2D eigenvalue weighted by Crippen LogP contribution is 2.00. The minimum absolute atomic E-state index is 0. The maximum Gasteiger partial charge on any atom is 0.325 e. The average molecular weight is 444 g/mol. The third-order valence-corrected chi connectivity index (χ3v) is 3.59. The number of esters is 1. The van der Waals surface area contributed by atoms with Crippen LogP contribution in [0.15, 0.2) is 31.6 Å². The standard InChI is InChI=1S/C9H13N3O4.C7H11N3O3.2CH4/c1-6(13)16-4-3-12(2)7-5-10-9(15)11-8(7)14;1-10(2-3-11)5-4-8-7(13)9-6(5)12;;/h5H,3-4H2,1-2H3,(H2,10,11,14,15);4,11H,2-3H2,1H3,(H2,8,9,12,13);2*1H4. The SMILES string of the molecule is C.C.CC(=O)OCCN(C)c1c[nH]c(=O)[nH]c1=O.CN(CCO)c1c[nH]c(=O)[nH]c1=O. The highest BCUT2D eigenvalue weighted by molar-refractivity contribution is 5.65. The topological polar surface area (TPSA) is 184 Å². The molecule has 13 heteroatoms. The van der Waals surface area contributed by atoms with Gasteiger partial charge in [-0.3, -0.25) is 24.4 Å². The Morgan fingerprint density at radius 2 is 1.32 bits per heavy atom. The molecule has 0 spiro atoms. The first-order valence-corrected chi connectivity index (χ1v) is 8.46. The number of nitrogens with zero attached hydrogens (tertiary/aromatic N) is 2. The summed E-state index contributed by atoms with van der Waals surface area (Å²) in [5.74, 6) is -0.372. The molecule has 0 aliphatic carbocycles. The molecule has 0 aliphatic heterocycles. The highest BCUT2D eigenvalue weighted by Gasteiger charge is 2.06. The van der Waals surface area contributed by atoms with E-state index in [2.05, 4.69) is 19.9 Å². The largest absolute Gasteiger partial charge is 0.464 e. The Morgan fingerprint density at radius 1 is 0.903 bits per heavy atom. The molecule has 0 atom stereocenters. The third-order valence-electron chi connectivity index (χ3n) is 3.59. The van der Waals surface area contributed by atoms with Gasteiger partial charge in [0, 0.05) is 40.0 Å². The van der Waals surface area contributed by atoms with E-state index in [1.807, 2.05) is 0 Å². The number of hydrogen-bond acceptors (Lipinski definition) is 9. The fourth-order valence-electron chi connectivity index (χ4n) is 2.09. The van der Waals surface area contributed by atoms with E-state index in [4.69, 9.17) is 9.84 Å². The van der Waals surface area contributed by atoms with Crippen molar-refractivity contribution < 1.29 is 14.6 Å². The van der Waals surface area contributed by atoms with Crippen LogP contribution in [0, 0.1) is 0 Å². The van der Waals surface area contributed by atoms with Gasteiger partial charge in [0.1, 0.15) is 18.0 Å². The summed E-state index contributed by atoms with van der Waals surface area (Å²) < 4.78 is 4.73. The number of H-pyrrole nitrogens is 4. The van der Waals surface area contributed by atoms with Gasteiger partial charge in [0.05, 0.1) is 13.2 Å². The van der Waals surface area contributed by atoms with Crippen molar-refractivity contribution >= 4 is 17.3 Å². The molecule has 0 saturated carbocycles. The van der Waals surface area contributed by atoms with Crippen LogP contribution >= 0.6 is 0 Å². The van der Waals surface area contributed by atoms with Crippen molar-refractivity contribution in [2.24, 2.45) is 0 Å². The maximum atomic E-state index is 11.4. The lowest BCUT2D eigenvalue weighted by Gasteiger charge is -2.16. The smallest absolute Gasteiger partial charge is 0.325 e. The van der Waals surface area contributed by atoms with Gasteiger partial charge in [-0.15, -0.1) is 0 Å². The van der Waals surface area contributed by atoms with E-state index in [1.165, 1.54) is 19.3 Å². The number of aliphatic hydroxyl groups is 1. The van der Waals surface area contributed by atoms with E-state index in [-0.39, 0.29) is 34.0 Å². The number of aromatic amines is 4. The number of nitrogens with one attached hydrogen (secondary N) is 4. The molecule has 5 N–H and O–H groups in total. The van der Waals surface area contributed by atoms with Crippen molar-refractivity contribution in [2.75, 3.05) is 50.2 Å². The Balaban J connectivity index is 0. The summed E-state index contributed by atoms with van der Waals surface area (Å²) in [5, 5.41) is 8.62. The van der Waals surface area contributed by atoms with Crippen LogP contribution in [0.25, 0.3) is 0 Å². The van der Waals surface area contributed by atoms with E-state index in [0.29, 0.717) is 24.5 Å². The fourth-order valence-corrected chi connectivity index (χ4v) is 2.09. The van der Waals surface area contributed by atoms with Crippen molar-refractivity contribution in [3.63, 3.8) is 0 Å². The Kier molecular flexibility index (Phi) is 13.7. The minimum atomic E-state index is -0.554. The van der Waals surface area contributed by atoms with Gasteiger partial charge in [0.2, 0.25) is 0 Å². The van der Waals surface area contributed by atoms with Crippen molar-refractivity contribution in [2.45, 2.75) is 21.8 Å². The molecule has 0 radical (unpaired) electrons. The van der Waals surface area contributed by atoms with Crippen LogP contribution < -0.4 is 32.3 Å². The Hall–Kier alpha value is -3.61. The number of rotatable bonds is 7. The van der Waals surface area contributed by atoms with Gasteiger partial charge in [-0.1, -0.05) is 14.9 Å². The molecule has 2 aromatic rings. The highest BCUT2D eigenvalue weighted by atomic mass is 16.5. The second-order valence-electron chi connectivity index (χ2n) is 5.82. The summed E-state index contributed by atoms with van der Waals surface area (Å²) in [7, 11) is 3.31. The molecule has 2 aromatic heterocycles. The molecule has 0 bridgehead atoms. The molecular formula is C18H32N6O7. The van der Waals surface area contributed by atoms with Crippen molar-refractivity contribution in [3.05, 3.63) is 54.1 Å². The van der Waals surface area contributed by atoms with Crippen LogP contribution in [-0.4, -0.2) is 71.4 Å². The number of carbonyl (C=O) groups is 1. The average Bonchev–Trinajstić information content (AvgIpc) is 2.62. The zero-order valence-corrected chi connectivity index (χ0v) is 16.3. The van der Waals surface area contributed by atoms with Gasteiger partial charge in [0.15, 0.2) is 0 Å². The quantitative estimate of drug-likeness (QED) is 0.328. The Bertz CT molecular complexity index is 1020. The van der Waals surface area contributed by atoms with Crippen LogP contribution in [0.4, 0.5) is 11.4 Å². The summed E-state index contributed by atoms with van der Waals surface area (Å²) in [6.45, 7) is 2.16. The molecule has 2 heterocycles. The van der Waals surface area contributed by atoms with Gasteiger partial charge >= 0.3 is 17.3 Å². The summed E-state index contributed by atoms with van der Waals surface area (Å²) >= 11 is 0. The fraction of sp³-hybridized carbons (Fsp3) is 0.500. The van der Waals surface area contributed by atoms with Crippen molar-refractivity contribution in [3.8, 4) is 0 Å². The van der Waals surface area contributed by atoms with Crippen LogP contribution in [0.5, 0.6) is 0 Å². The lowest BCUT2D eigenvalue weighted by Crippen LogP contribution is -2.32. The van der Waals surface area contributed by atoms with Crippen LogP contribution in [-0.2, 0) is 9.53 Å². The molecule has 0 saturated heterocycles. The van der Waals surface area contributed by atoms with E-state index < -0.39 is 22.5 Å². The van der Waals surface area contributed by atoms with Crippen LogP contribution in [0.1, 0.15) is 21.8 Å². The molecule has 0 aliphatic rings. The summed E-state index contributed by atoms with van der Waals surface area (Å²) in [4.78, 5) is 66.5. The monoisotopic (exact) mass is 444 g/mol. The summed E-state index contributed by atoms with van der Waals surface area (Å²) in [6, 6.07) is 0. The van der Waals surface area contributed by atoms with Gasteiger partial charge in [-0.2, -0.15) is 0 Å². The van der Waals surface area contributed by atoms with Gasteiger partial charge in [-0.25, -0.2) is 9.59 Å². The van der Waals surface area contributed by atoms with Crippen molar-refractivity contribution in [1.29, 1.82) is 0 Å². The molecule has 13 nitrogen and oxygen atoms in total. The molecule has 176 valence electrons. The molecule has 2 rings (SSSR count). The zero-order chi connectivity index (χ0) is 22.0. The first-order valence-electron chi connectivity index (χ1n) is 8.46. The minimum Gasteiger partial charge on any atom is -0.464 e. The molecule has 0 unspecified atom stereocenters. The zero-order valence-electron chi connectivity index (χ0n) is 16.3. The van der Waals surface area contributed by atoms with Gasteiger partial charge in [-0.05, 0) is 0 Å². The predicted octanol–water partition coefficient (Wildman–Crippen LogP) is -1.17. The predicted molar refractivity (Wildman–Crippen MR) is 119 cm³/mol. The number of ether oxygens (including phenoxy) is 1. The number of likely N-dealkylation sites (N-methyl/N-ethyl adjacent to an activating group) is 2. The maximum absolute atomic E-state index is 11.4. The van der Waals surface area contributed by atoms with Crippen molar-refractivity contribution in [1.82, 2.24) is 19.9 Å². The van der Waals surface area contributed by atoms with Gasteiger partial charge in [0.25, 0.3) is 11.1 Å². The summed E-state index contributed by atoms with van der Waals surface area (Å²) in [5.41, 5.74) is -1.39. The number of aromatic nitrogens is 4. The lowest BCUT2D eigenvalue weighted by atomic mass is 10.4. The second kappa shape index (κ2) is 14.4. The number of carbonyl (C=O) groups excluding carboxylic acids is 1. The van der Waals surface area contributed by atoms with Gasteiger partial charge < -0.3 is 29.6 Å². The van der Waals surface area contributed by atoms with Crippen LogP contribution in [0.2, 0.25) is 0 Å². The number of anilines is 2. The lowest BCUT2D eigenvalue weighted by molar-refractivity contribution is -0.140. The molecule has 0 amide bonds. The Morgan fingerprint density at radius 3 is 1.68 bits per heavy atom. The summed E-state index contributed by atoms with van der Waals surface area (Å²) in [6.07, 6.45) is 2.63. The normalized spacial score (nSPS) is 9.29. The second-order valence-corrected chi connectivity index (χ2v) is 5.82. The van der Waals surface area contributed by atoms with E-state index in [1.54, 1.807) is 23.9 Å². The van der Waals surface area contributed by atoms with E-state index in [0.717, 1.165) is 0 Å². The molecule has 0 aromatic carbocycles. The van der Waals surface area contributed by atoms with E-state index in [9.17, 15) is 24.0 Å². The number of aliphatic hydroxyl groups excluding tert-OH is 1. The van der Waals surface area contributed by atoms with Crippen LogP contribution in [0.3, 0.4) is 0 Å². The van der Waals surface area contributed by atoms with E-state index >= 15 is 0 Å². The molecule has 31 heavy (non-hydrogen) atoms. The molecule has 0 fully saturated rings. The first kappa shape index (κ1) is 29.6. The Labute approximate surface area is 178 Å². The number of hydrogen-bond donors (Lipinski definition) is 5. The first-order chi connectivity index (χ1) is 13.6. The third kappa shape index (κ3) is 10.1. The molecular weight excluding hydrogens is 412 g/mol.